The van der Waals surface area contributed by atoms with Crippen molar-refractivity contribution in [2.45, 2.75) is 57.5 Å². The van der Waals surface area contributed by atoms with Crippen LogP contribution in [-0.4, -0.2) is 17.3 Å². The van der Waals surface area contributed by atoms with Gasteiger partial charge in [0.1, 0.15) is 0 Å². The fourth-order valence-corrected chi connectivity index (χ4v) is 4.39. The third kappa shape index (κ3) is 2.19. The second-order valence-corrected chi connectivity index (χ2v) is 7.17. The Hall–Kier alpha value is -0.860. The third-order valence-electron chi connectivity index (χ3n) is 5.89. The summed E-state index contributed by atoms with van der Waals surface area (Å²) in [5.41, 5.74) is 8.26. The average molecular weight is 273 g/mol. The summed E-state index contributed by atoms with van der Waals surface area (Å²) >= 11 is 0. The van der Waals surface area contributed by atoms with Crippen molar-refractivity contribution >= 4 is 0 Å². The van der Waals surface area contributed by atoms with E-state index >= 15 is 0 Å². The number of rotatable bonds is 2. The van der Waals surface area contributed by atoms with E-state index in [1.165, 1.54) is 17.5 Å². The van der Waals surface area contributed by atoms with Crippen molar-refractivity contribution in [2.24, 2.45) is 17.1 Å². The molecular formula is C18H27NO. The Morgan fingerprint density at radius 1 is 1.15 bits per heavy atom. The first-order valence-electron chi connectivity index (χ1n) is 8.08. The van der Waals surface area contributed by atoms with Gasteiger partial charge in [-0.3, -0.25) is 0 Å². The molecule has 2 aliphatic carbocycles. The molecule has 2 unspecified atom stereocenters. The van der Waals surface area contributed by atoms with Crippen molar-refractivity contribution in [2.75, 3.05) is 6.54 Å². The van der Waals surface area contributed by atoms with Gasteiger partial charge in [-0.15, -0.1) is 0 Å². The summed E-state index contributed by atoms with van der Waals surface area (Å²) in [6.07, 6.45) is 7.25. The zero-order chi connectivity index (χ0) is 14.2. The molecule has 2 atom stereocenters. The predicted molar refractivity (Wildman–Crippen MR) is 82.5 cm³/mol. The zero-order valence-electron chi connectivity index (χ0n) is 12.6. The molecule has 2 nitrogen and oxygen atoms in total. The SMILES string of the molecule is CC1CCCC(O)(C2(CN)Cc3ccccc3C2)CC1. The highest BCUT2D eigenvalue weighted by molar-refractivity contribution is 5.36. The predicted octanol–water partition coefficient (Wildman–Crippen LogP) is 3.06. The molecule has 0 amide bonds. The van der Waals surface area contributed by atoms with Gasteiger partial charge in [-0.05, 0) is 49.1 Å². The van der Waals surface area contributed by atoms with Gasteiger partial charge in [0, 0.05) is 12.0 Å². The summed E-state index contributed by atoms with van der Waals surface area (Å²) in [6, 6.07) is 8.61. The number of nitrogens with two attached hydrogens (primary N) is 1. The van der Waals surface area contributed by atoms with Crippen LogP contribution in [0.25, 0.3) is 0 Å². The lowest BCUT2D eigenvalue weighted by Crippen LogP contribution is -2.53. The minimum atomic E-state index is -0.578. The van der Waals surface area contributed by atoms with Crippen molar-refractivity contribution in [3.8, 4) is 0 Å². The van der Waals surface area contributed by atoms with Crippen LogP contribution in [0.2, 0.25) is 0 Å². The Bertz CT molecular complexity index is 459. The van der Waals surface area contributed by atoms with Gasteiger partial charge in [-0.25, -0.2) is 0 Å². The van der Waals surface area contributed by atoms with Gasteiger partial charge in [0.05, 0.1) is 5.60 Å². The topological polar surface area (TPSA) is 46.2 Å². The normalized spacial score (nSPS) is 32.6. The summed E-state index contributed by atoms with van der Waals surface area (Å²) in [6.45, 7) is 2.90. The molecular weight excluding hydrogens is 246 g/mol. The highest BCUT2D eigenvalue weighted by Crippen LogP contribution is 2.50. The molecule has 0 aliphatic heterocycles. The largest absolute Gasteiger partial charge is 0.389 e. The van der Waals surface area contributed by atoms with Crippen molar-refractivity contribution in [3.05, 3.63) is 35.4 Å². The molecule has 0 bridgehead atoms. The maximum atomic E-state index is 11.4. The van der Waals surface area contributed by atoms with Crippen LogP contribution in [0, 0.1) is 11.3 Å². The zero-order valence-corrected chi connectivity index (χ0v) is 12.6. The van der Waals surface area contributed by atoms with Crippen LogP contribution in [-0.2, 0) is 12.8 Å². The third-order valence-corrected chi connectivity index (χ3v) is 5.89. The molecule has 0 heterocycles. The molecule has 110 valence electrons. The van der Waals surface area contributed by atoms with E-state index in [4.69, 9.17) is 5.73 Å². The Morgan fingerprint density at radius 3 is 2.40 bits per heavy atom. The number of fused-ring (bicyclic) bond motifs is 1. The van der Waals surface area contributed by atoms with Crippen LogP contribution >= 0.6 is 0 Å². The van der Waals surface area contributed by atoms with Crippen LogP contribution in [0.1, 0.15) is 50.2 Å². The lowest BCUT2D eigenvalue weighted by atomic mass is 9.66. The maximum Gasteiger partial charge on any atom is 0.0722 e. The van der Waals surface area contributed by atoms with Crippen LogP contribution < -0.4 is 5.73 Å². The van der Waals surface area contributed by atoms with Gasteiger partial charge in [0.25, 0.3) is 0 Å². The molecule has 2 heteroatoms. The summed E-state index contributed by atoms with van der Waals surface area (Å²) in [5, 5.41) is 11.4. The van der Waals surface area contributed by atoms with Crippen molar-refractivity contribution in [1.29, 1.82) is 0 Å². The monoisotopic (exact) mass is 273 g/mol. The smallest absolute Gasteiger partial charge is 0.0722 e. The van der Waals surface area contributed by atoms with Gasteiger partial charge < -0.3 is 10.8 Å². The second kappa shape index (κ2) is 5.16. The lowest BCUT2D eigenvalue weighted by molar-refractivity contribution is -0.0881. The molecule has 20 heavy (non-hydrogen) atoms. The van der Waals surface area contributed by atoms with Crippen LogP contribution in [0.5, 0.6) is 0 Å². The molecule has 0 saturated heterocycles. The molecule has 2 aliphatic rings. The van der Waals surface area contributed by atoms with Gasteiger partial charge >= 0.3 is 0 Å². The summed E-state index contributed by atoms with van der Waals surface area (Å²) < 4.78 is 0. The lowest BCUT2D eigenvalue weighted by Gasteiger charge is -2.44. The molecule has 0 aromatic heterocycles. The first-order chi connectivity index (χ1) is 9.59. The van der Waals surface area contributed by atoms with E-state index < -0.39 is 5.60 Å². The number of benzene rings is 1. The van der Waals surface area contributed by atoms with Crippen LogP contribution in [0.4, 0.5) is 0 Å². The van der Waals surface area contributed by atoms with Crippen LogP contribution in [0.3, 0.4) is 0 Å². The summed E-state index contributed by atoms with van der Waals surface area (Å²) in [4.78, 5) is 0. The molecule has 1 fully saturated rings. The molecule has 3 rings (SSSR count). The summed E-state index contributed by atoms with van der Waals surface area (Å²) in [5.74, 6) is 0.739. The van der Waals surface area contributed by atoms with Crippen molar-refractivity contribution < 1.29 is 5.11 Å². The fourth-order valence-electron chi connectivity index (χ4n) is 4.39. The fraction of sp³-hybridized carbons (Fsp3) is 0.667. The van der Waals surface area contributed by atoms with Gasteiger partial charge in [-0.2, -0.15) is 0 Å². The van der Waals surface area contributed by atoms with Crippen molar-refractivity contribution in [3.63, 3.8) is 0 Å². The Balaban J connectivity index is 1.90. The Labute approximate surface area is 122 Å². The number of aliphatic hydroxyl groups is 1. The van der Waals surface area contributed by atoms with Gasteiger partial charge in [0.2, 0.25) is 0 Å². The number of hydrogen-bond acceptors (Lipinski definition) is 2. The van der Waals surface area contributed by atoms with E-state index in [0.29, 0.717) is 6.54 Å². The highest BCUT2D eigenvalue weighted by atomic mass is 16.3. The number of hydrogen-bond donors (Lipinski definition) is 2. The summed E-state index contributed by atoms with van der Waals surface area (Å²) in [7, 11) is 0. The van der Waals surface area contributed by atoms with E-state index in [2.05, 4.69) is 31.2 Å². The van der Waals surface area contributed by atoms with Gasteiger partial charge in [0.15, 0.2) is 0 Å². The Morgan fingerprint density at radius 2 is 1.80 bits per heavy atom. The molecule has 0 radical (unpaired) electrons. The minimum Gasteiger partial charge on any atom is -0.389 e. The first-order valence-corrected chi connectivity index (χ1v) is 8.08. The van der Waals surface area contributed by atoms with Gasteiger partial charge in [-0.1, -0.05) is 44.0 Å². The molecule has 3 N–H and O–H groups in total. The van der Waals surface area contributed by atoms with Crippen LogP contribution in [0.15, 0.2) is 24.3 Å². The average Bonchev–Trinajstić information content (AvgIpc) is 2.76. The molecule has 1 aromatic carbocycles. The van der Waals surface area contributed by atoms with E-state index in [1.807, 2.05) is 0 Å². The van der Waals surface area contributed by atoms with E-state index in [-0.39, 0.29) is 5.41 Å². The molecule has 1 saturated carbocycles. The molecule has 1 aromatic rings. The standard InChI is InChI=1S/C18H27NO/c1-14-5-4-9-18(20,10-8-14)17(13-19)11-15-6-2-3-7-16(15)12-17/h2-3,6-7,14,20H,4-5,8-13,19H2,1H3. The maximum absolute atomic E-state index is 11.4. The highest BCUT2D eigenvalue weighted by Gasteiger charge is 2.52. The van der Waals surface area contributed by atoms with E-state index in [1.54, 1.807) is 0 Å². The minimum absolute atomic E-state index is 0.138. The Kier molecular flexibility index (Phi) is 3.64. The second-order valence-electron chi connectivity index (χ2n) is 7.17. The molecule has 0 spiro atoms. The van der Waals surface area contributed by atoms with E-state index in [9.17, 15) is 5.11 Å². The van der Waals surface area contributed by atoms with E-state index in [0.717, 1.165) is 44.4 Å². The van der Waals surface area contributed by atoms with Crippen molar-refractivity contribution in [1.82, 2.24) is 0 Å². The quantitative estimate of drug-likeness (QED) is 0.814. The first kappa shape index (κ1) is 14.1.